The van der Waals surface area contributed by atoms with Gasteiger partial charge in [0.15, 0.2) is 0 Å². The van der Waals surface area contributed by atoms with Gasteiger partial charge in [-0.15, -0.1) is 0 Å². The molecule has 60 valence electrons. The Morgan fingerprint density at radius 2 is 2.00 bits per heavy atom. The van der Waals surface area contributed by atoms with E-state index in [-0.39, 0.29) is 0 Å². The first-order chi connectivity index (χ1) is 4.79. The highest BCUT2D eigenvalue weighted by atomic mass is 14.4. The maximum atomic E-state index is 2.41. The van der Waals surface area contributed by atoms with E-state index in [0.29, 0.717) is 0 Å². The third-order valence-electron chi connectivity index (χ3n) is 3.16. The van der Waals surface area contributed by atoms with E-state index in [4.69, 9.17) is 0 Å². The van der Waals surface area contributed by atoms with E-state index in [2.05, 4.69) is 20.8 Å². The molecular weight excluding hydrogens is 120 g/mol. The second-order valence-corrected chi connectivity index (χ2v) is 3.83. The highest BCUT2D eigenvalue weighted by molar-refractivity contribution is 4.85. The van der Waals surface area contributed by atoms with Crippen LogP contribution in [0.2, 0.25) is 0 Å². The molecule has 0 saturated heterocycles. The largest absolute Gasteiger partial charge is 0.0654 e. The molecule has 1 saturated carbocycles. The molecule has 0 aromatic carbocycles. The molecule has 3 atom stereocenters. The van der Waals surface area contributed by atoms with E-state index < -0.39 is 0 Å². The van der Waals surface area contributed by atoms with Crippen molar-refractivity contribution < 1.29 is 0 Å². The Bertz CT molecular complexity index is 96.2. The van der Waals surface area contributed by atoms with Crippen molar-refractivity contribution in [2.45, 2.75) is 46.5 Å². The second kappa shape index (κ2) is 3.41. The van der Waals surface area contributed by atoms with Crippen LogP contribution in [0.15, 0.2) is 0 Å². The number of hydrogen-bond acceptors (Lipinski definition) is 0. The van der Waals surface area contributed by atoms with Crippen LogP contribution in [0.1, 0.15) is 46.5 Å². The molecule has 0 amide bonds. The second-order valence-electron chi connectivity index (χ2n) is 3.83. The van der Waals surface area contributed by atoms with E-state index in [1.165, 1.54) is 25.7 Å². The van der Waals surface area contributed by atoms with Crippen molar-refractivity contribution in [3.63, 3.8) is 0 Å². The first kappa shape index (κ1) is 8.10. The first-order valence-electron chi connectivity index (χ1n) is 4.79. The zero-order valence-electron chi connectivity index (χ0n) is 7.56. The van der Waals surface area contributed by atoms with Gasteiger partial charge < -0.3 is 0 Å². The fourth-order valence-corrected chi connectivity index (χ4v) is 2.42. The third kappa shape index (κ3) is 1.36. The van der Waals surface area contributed by atoms with Crippen molar-refractivity contribution in [3.8, 4) is 0 Å². The van der Waals surface area contributed by atoms with Crippen molar-refractivity contribution in [2.24, 2.45) is 17.8 Å². The average Bonchev–Trinajstić information content (AvgIpc) is 1.95. The van der Waals surface area contributed by atoms with Crippen LogP contribution >= 0.6 is 0 Å². The third-order valence-corrected chi connectivity index (χ3v) is 3.16. The summed E-state index contributed by atoms with van der Waals surface area (Å²) in [6.45, 7) is 7.05. The maximum Gasteiger partial charge on any atom is -0.0360 e. The minimum atomic E-state index is 1.03. The van der Waals surface area contributed by atoms with Gasteiger partial charge in [0, 0.05) is 0 Å². The van der Waals surface area contributed by atoms with Gasteiger partial charge in [0.1, 0.15) is 0 Å². The fourth-order valence-electron chi connectivity index (χ4n) is 2.42. The molecule has 1 rings (SSSR count). The molecule has 1 fully saturated rings. The monoisotopic (exact) mass is 140 g/mol. The van der Waals surface area contributed by atoms with Crippen LogP contribution in [0.4, 0.5) is 0 Å². The summed E-state index contributed by atoms with van der Waals surface area (Å²) in [5.41, 5.74) is 0. The van der Waals surface area contributed by atoms with E-state index in [0.717, 1.165) is 17.8 Å². The summed E-state index contributed by atoms with van der Waals surface area (Å²) in [5, 5.41) is 0. The predicted molar refractivity (Wildman–Crippen MR) is 46.0 cm³/mol. The molecule has 0 nitrogen and oxygen atoms in total. The maximum absolute atomic E-state index is 2.41. The van der Waals surface area contributed by atoms with Gasteiger partial charge >= 0.3 is 0 Å². The lowest BCUT2D eigenvalue weighted by atomic mass is 9.63. The minimum Gasteiger partial charge on any atom is -0.0654 e. The van der Waals surface area contributed by atoms with Crippen molar-refractivity contribution >= 4 is 0 Å². The Morgan fingerprint density at radius 1 is 1.30 bits per heavy atom. The molecule has 0 heteroatoms. The van der Waals surface area contributed by atoms with E-state index in [9.17, 15) is 0 Å². The number of rotatable bonds is 3. The molecule has 0 spiro atoms. The summed E-state index contributed by atoms with van der Waals surface area (Å²) in [4.78, 5) is 0. The van der Waals surface area contributed by atoms with Crippen LogP contribution in [-0.4, -0.2) is 0 Å². The van der Waals surface area contributed by atoms with Crippen molar-refractivity contribution in [1.29, 1.82) is 0 Å². The van der Waals surface area contributed by atoms with Crippen molar-refractivity contribution in [1.82, 2.24) is 0 Å². The molecule has 0 radical (unpaired) electrons. The van der Waals surface area contributed by atoms with E-state index in [1.807, 2.05) is 0 Å². The topological polar surface area (TPSA) is 0 Å². The van der Waals surface area contributed by atoms with Gasteiger partial charge in [-0.2, -0.15) is 0 Å². The van der Waals surface area contributed by atoms with Crippen LogP contribution in [0.5, 0.6) is 0 Å². The highest BCUT2D eigenvalue weighted by Crippen LogP contribution is 2.44. The summed E-state index contributed by atoms with van der Waals surface area (Å²) >= 11 is 0. The van der Waals surface area contributed by atoms with Crippen LogP contribution in [0.25, 0.3) is 0 Å². The van der Waals surface area contributed by atoms with Crippen LogP contribution in [-0.2, 0) is 0 Å². The molecule has 0 aliphatic heterocycles. The number of hydrogen-bond donors (Lipinski definition) is 0. The van der Waals surface area contributed by atoms with Gasteiger partial charge in [0.05, 0.1) is 0 Å². The summed E-state index contributed by atoms with van der Waals surface area (Å²) in [6.07, 6.45) is 5.77. The fraction of sp³-hybridized carbons (Fsp3) is 1.00. The molecule has 1 aliphatic rings. The molecule has 3 unspecified atom stereocenters. The van der Waals surface area contributed by atoms with Gasteiger partial charge in [0.25, 0.3) is 0 Å². The SMILES string of the molecule is CCCC1C(C)CC1CC. The van der Waals surface area contributed by atoms with Crippen molar-refractivity contribution in [3.05, 3.63) is 0 Å². The van der Waals surface area contributed by atoms with Gasteiger partial charge in [-0.1, -0.05) is 40.0 Å². The summed E-state index contributed by atoms with van der Waals surface area (Å²) in [7, 11) is 0. The quantitative estimate of drug-likeness (QED) is 0.563. The molecule has 0 N–H and O–H groups in total. The zero-order valence-corrected chi connectivity index (χ0v) is 7.56. The summed E-state index contributed by atoms with van der Waals surface area (Å²) in [6, 6.07) is 0. The predicted octanol–water partition coefficient (Wildman–Crippen LogP) is 3.47. The molecule has 0 aromatic rings. The lowest BCUT2D eigenvalue weighted by Gasteiger charge is -2.43. The van der Waals surface area contributed by atoms with Gasteiger partial charge in [-0.3, -0.25) is 0 Å². The Balaban J connectivity index is 2.25. The van der Waals surface area contributed by atoms with Crippen molar-refractivity contribution in [2.75, 3.05) is 0 Å². The van der Waals surface area contributed by atoms with Gasteiger partial charge in [-0.05, 0) is 24.2 Å². The van der Waals surface area contributed by atoms with Gasteiger partial charge in [-0.25, -0.2) is 0 Å². The summed E-state index contributed by atoms with van der Waals surface area (Å²) < 4.78 is 0. The molecule has 0 bridgehead atoms. The Labute approximate surface area is 65.0 Å². The molecule has 1 aliphatic carbocycles. The van der Waals surface area contributed by atoms with E-state index >= 15 is 0 Å². The Kier molecular flexibility index (Phi) is 2.76. The minimum absolute atomic E-state index is 1.03. The standard InChI is InChI=1S/C10H20/c1-4-6-10-8(3)7-9(10)5-2/h8-10H,4-7H2,1-3H3. The van der Waals surface area contributed by atoms with Crippen LogP contribution in [0.3, 0.4) is 0 Å². The van der Waals surface area contributed by atoms with Crippen LogP contribution < -0.4 is 0 Å². The van der Waals surface area contributed by atoms with Gasteiger partial charge in [0.2, 0.25) is 0 Å². The highest BCUT2D eigenvalue weighted by Gasteiger charge is 2.35. The molecule has 0 aromatic heterocycles. The van der Waals surface area contributed by atoms with E-state index in [1.54, 1.807) is 0 Å². The van der Waals surface area contributed by atoms with Crippen LogP contribution in [0, 0.1) is 17.8 Å². The lowest BCUT2D eigenvalue weighted by molar-refractivity contribution is 0.0733. The molecule has 0 heterocycles. The Hall–Kier alpha value is 0. The first-order valence-corrected chi connectivity index (χ1v) is 4.79. The normalized spacial score (nSPS) is 39.3. The molecule has 10 heavy (non-hydrogen) atoms. The zero-order chi connectivity index (χ0) is 7.56. The average molecular weight is 140 g/mol. The summed E-state index contributed by atoms with van der Waals surface area (Å²) in [5.74, 6) is 3.19. The lowest BCUT2D eigenvalue weighted by Crippen LogP contribution is -2.34. The Morgan fingerprint density at radius 3 is 2.40 bits per heavy atom. The smallest absolute Gasteiger partial charge is 0.0360 e. The molecular formula is C10H20.